The Labute approximate surface area is 125 Å². The van der Waals surface area contributed by atoms with Crippen LogP contribution in [0.1, 0.15) is 50.1 Å². The third-order valence-corrected chi connectivity index (χ3v) is 3.99. The number of aliphatic hydroxyl groups is 1. The number of rotatable bonds is 6. The normalized spacial score (nSPS) is 12.8. The van der Waals surface area contributed by atoms with Crippen molar-refractivity contribution in [2.45, 2.75) is 45.3 Å². The van der Waals surface area contributed by atoms with Gasteiger partial charge in [0.05, 0.1) is 17.8 Å². The van der Waals surface area contributed by atoms with Crippen LogP contribution < -0.4 is 0 Å². The van der Waals surface area contributed by atoms with Gasteiger partial charge in [0.25, 0.3) is 0 Å². The van der Waals surface area contributed by atoms with Crippen molar-refractivity contribution in [3.8, 4) is 0 Å². The summed E-state index contributed by atoms with van der Waals surface area (Å²) in [6, 6.07) is 9.79. The lowest BCUT2D eigenvalue weighted by Gasteiger charge is -2.13. The van der Waals surface area contributed by atoms with Crippen molar-refractivity contribution >= 4 is 11.6 Å². The first kappa shape index (κ1) is 15.1. The van der Waals surface area contributed by atoms with Crippen LogP contribution in [0, 0.1) is 0 Å². The fraction of sp³-hybridized carbons (Fsp3) is 0.438. The third kappa shape index (κ3) is 3.41. The van der Waals surface area contributed by atoms with Gasteiger partial charge < -0.3 is 5.11 Å². The minimum Gasteiger partial charge on any atom is -0.388 e. The summed E-state index contributed by atoms with van der Waals surface area (Å²) < 4.78 is 1.99. The van der Waals surface area contributed by atoms with Gasteiger partial charge in [0.15, 0.2) is 0 Å². The Kier molecular flexibility index (Phi) is 5.21. The fourth-order valence-corrected chi connectivity index (χ4v) is 2.67. The van der Waals surface area contributed by atoms with E-state index in [0.29, 0.717) is 17.5 Å². The van der Waals surface area contributed by atoms with Crippen molar-refractivity contribution in [2.75, 3.05) is 0 Å². The molecule has 1 unspecified atom stereocenters. The molecule has 2 rings (SSSR count). The second-order valence-corrected chi connectivity index (χ2v) is 5.41. The van der Waals surface area contributed by atoms with Gasteiger partial charge >= 0.3 is 0 Å². The summed E-state index contributed by atoms with van der Waals surface area (Å²) in [5.74, 6) is 0. The maximum absolute atomic E-state index is 10.3. The standard InChI is InChI=1S/C16H21ClN2O/c1-3-13(4-2)19-10-9-12(18-19)11-16(20)14-7-5-6-8-15(14)17/h5-10,13,16,20H,3-4,11H2,1-2H3. The van der Waals surface area contributed by atoms with E-state index in [2.05, 4.69) is 18.9 Å². The lowest BCUT2D eigenvalue weighted by atomic mass is 10.1. The number of hydrogen-bond acceptors (Lipinski definition) is 2. The molecule has 0 amide bonds. The van der Waals surface area contributed by atoms with Crippen molar-refractivity contribution in [2.24, 2.45) is 0 Å². The van der Waals surface area contributed by atoms with Crippen LogP contribution >= 0.6 is 11.6 Å². The highest BCUT2D eigenvalue weighted by atomic mass is 35.5. The van der Waals surface area contributed by atoms with Crippen LogP contribution in [0.3, 0.4) is 0 Å². The van der Waals surface area contributed by atoms with E-state index in [9.17, 15) is 5.11 Å². The number of halogens is 1. The number of aliphatic hydroxyl groups excluding tert-OH is 1. The second kappa shape index (κ2) is 6.91. The maximum atomic E-state index is 10.3. The molecule has 0 radical (unpaired) electrons. The lowest BCUT2D eigenvalue weighted by molar-refractivity contribution is 0.177. The van der Waals surface area contributed by atoms with Crippen LogP contribution in [0.2, 0.25) is 5.02 Å². The number of hydrogen-bond donors (Lipinski definition) is 1. The largest absolute Gasteiger partial charge is 0.388 e. The Balaban J connectivity index is 2.09. The Bertz CT molecular complexity index is 549. The molecule has 0 saturated carbocycles. The van der Waals surface area contributed by atoms with Gasteiger partial charge in [-0.05, 0) is 30.5 Å². The molecule has 0 aliphatic carbocycles. The Morgan fingerprint density at radius 3 is 2.55 bits per heavy atom. The molecule has 3 nitrogen and oxygen atoms in total. The van der Waals surface area contributed by atoms with E-state index in [1.807, 2.05) is 35.1 Å². The smallest absolute Gasteiger partial charge is 0.0860 e. The Hall–Kier alpha value is -1.32. The average Bonchev–Trinajstić information content (AvgIpc) is 2.89. The predicted molar refractivity (Wildman–Crippen MR) is 82.0 cm³/mol. The van der Waals surface area contributed by atoms with Crippen LogP contribution in [0.5, 0.6) is 0 Å². The minimum absolute atomic E-state index is 0.432. The summed E-state index contributed by atoms with van der Waals surface area (Å²) in [6.45, 7) is 4.32. The van der Waals surface area contributed by atoms with Crippen molar-refractivity contribution < 1.29 is 5.11 Å². The summed E-state index contributed by atoms with van der Waals surface area (Å²) in [6.07, 6.45) is 3.98. The molecule has 4 heteroatoms. The van der Waals surface area contributed by atoms with E-state index in [1.165, 1.54) is 0 Å². The molecular formula is C16H21ClN2O. The average molecular weight is 293 g/mol. The molecule has 2 aromatic rings. The molecule has 0 bridgehead atoms. The number of nitrogens with zero attached hydrogens (tertiary/aromatic N) is 2. The summed E-state index contributed by atoms with van der Waals surface area (Å²) in [7, 11) is 0. The van der Waals surface area contributed by atoms with Crippen molar-refractivity contribution in [1.29, 1.82) is 0 Å². The fourth-order valence-electron chi connectivity index (χ4n) is 2.41. The first-order valence-corrected chi connectivity index (χ1v) is 7.50. The van der Waals surface area contributed by atoms with Gasteiger partial charge in [-0.3, -0.25) is 4.68 Å². The van der Waals surface area contributed by atoms with E-state index in [0.717, 1.165) is 24.1 Å². The SMILES string of the molecule is CCC(CC)n1ccc(CC(O)c2ccccc2Cl)n1. The molecule has 0 aliphatic rings. The van der Waals surface area contributed by atoms with Crippen LogP contribution in [-0.2, 0) is 6.42 Å². The molecule has 0 aliphatic heterocycles. The molecule has 0 saturated heterocycles. The zero-order valence-electron chi connectivity index (χ0n) is 12.0. The summed E-state index contributed by atoms with van der Waals surface area (Å²) in [5, 5.41) is 15.4. The molecule has 1 N–H and O–H groups in total. The van der Waals surface area contributed by atoms with Gasteiger partial charge in [0.2, 0.25) is 0 Å². The van der Waals surface area contributed by atoms with Gasteiger partial charge in [-0.15, -0.1) is 0 Å². The van der Waals surface area contributed by atoms with Crippen LogP contribution in [0.4, 0.5) is 0 Å². The summed E-state index contributed by atoms with van der Waals surface area (Å²) in [4.78, 5) is 0. The predicted octanol–water partition coefficient (Wildman–Crippen LogP) is 4.17. The second-order valence-electron chi connectivity index (χ2n) is 5.00. The van der Waals surface area contributed by atoms with Crippen LogP contribution in [0.25, 0.3) is 0 Å². The molecule has 0 fully saturated rings. The highest BCUT2D eigenvalue weighted by Gasteiger charge is 2.14. The molecule has 1 aromatic carbocycles. The topological polar surface area (TPSA) is 38.0 Å². The Morgan fingerprint density at radius 1 is 1.20 bits per heavy atom. The van der Waals surface area contributed by atoms with E-state index in [-0.39, 0.29) is 0 Å². The van der Waals surface area contributed by atoms with Gasteiger partial charge in [0.1, 0.15) is 0 Å². The van der Waals surface area contributed by atoms with E-state index >= 15 is 0 Å². The maximum Gasteiger partial charge on any atom is 0.0860 e. The van der Waals surface area contributed by atoms with E-state index in [4.69, 9.17) is 11.6 Å². The first-order chi connectivity index (χ1) is 9.65. The number of benzene rings is 1. The molecule has 108 valence electrons. The molecule has 1 aromatic heterocycles. The lowest BCUT2D eigenvalue weighted by Crippen LogP contribution is -2.09. The van der Waals surface area contributed by atoms with Gasteiger partial charge in [-0.25, -0.2) is 0 Å². The third-order valence-electron chi connectivity index (χ3n) is 3.65. The molecule has 1 atom stereocenters. The molecule has 20 heavy (non-hydrogen) atoms. The Morgan fingerprint density at radius 2 is 1.90 bits per heavy atom. The number of aromatic nitrogens is 2. The highest BCUT2D eigenvalue weighted by molar-refractivity contribution is 6.31. The zero-order valence-corrected chi connectivity index (χ0v) is 12.7. The van der Waals surface area contributed by atoms with Gasteiger partial charge in [-0.1, -0.05) is 43.6 Å². The molecular weight excluding hydrogens is 272 g/mol. The summed E-state index contributed by atoms with van der Waals surface area (Å²) in [5.41, 5.74) is 1.65. The van der Waals surface area contributed by atoms with Gasteiger partial charge in [-0.2, -0.15) is 5.10 Å². The first-order valence-electron chi connectivity index (χ1n) is 7.12. The molecule has 0 spiro atoms. The highest BCUT2D eigenvalue weighted by Crippen LogP contribution is 2.25. The van der Waals surface area contributed by atoms with Crippen molar-refractivity contribution in [3.05, 3.63) is 52.8 Å². The minimum atomic E-state index is -0.617. The van der Waals surface area contributed by atoms with Crippen LogP contribution in [-0.4, -0.2) is 14.9 Å². The van der Waals surface area contributed by atoms with Crippen LogP contribution in [0.15, 0.2) is 36.5 Å². The van der Waals surface area contributed by atoms with E-state index < -0.39 is 6.10 Å². The van der Waals surface area contributed by atoms with Crippen molar-refractivity contribution in [3.63, 3.8) is 0 Å². The molecule has 1 heterocycles. The zero-order chi connectivity index (χ0) is 14.5. The van der Waals surface area contributed by atoms with Gasteiger partial charge in [0, 0.05) is 17.6 Å². The van der Waals surface area contributed by atoms with Crippen molar-refractivity contribution in [1.82, 2.24) is 9.78 Å². The monoisotopic (exact) mass is 292 g/mol. The quantitative estimate of drug-likeness (QED) is 0.867. The summed E-state index contributed by atoms with van der Waals surface area (Å²) >= 11 is 6.10. The van der Waals surface area contributed by atoms with E-state index in [1.54, 1.807) is 6.07 Å².